The number of aliphatic hydroxyl groups excluding tert-OH is 1. The molecule has 5 nitrogen and oxygen atoms in total. The first kappa shape index (κ1) is 30.8. The molecule has 0 atom stereocenters. The van der Waals surface area contributed by atoms with Crippen molar-refractivity contribution >= 4 is 60.7 Å². The van der Waals surface area contributed by atoms with Crippen LogP contribution in [0, 0.1) is 0 Å². The standard InChI is InChI=1S/C48H34N4O/c53-32-33-18-22-36(23-19-33)50(37-26-28-39(29-27-37)51-43-13-4-1-10-40(43)41-11-2-5-14-44(41)51)46-16-7-17-47-48(46)42-12-3-6-15-45(42)52(47)38-24-20-34(21-25-38)35-9-8-30-49-31-35/h1-31,53H,32H2. The van der Waals surface area contributed by atoms with Crippen molar-refractivity contribution in [1.82, 2.24) is 14.1 Å². The summed E-state index contributed by atoms with van der Waals surface area (Å²) < 4.78 is 4.71. The van der Waals surface area contributed by atoms with Gasteiger partial charge >= 0.3 is 0 Å². The summed E-state index contributed by atoms with van der Waals surface area (Å²) in [6, 6.07) is 62.3. The number of nitrogens with zero attached hydrogens (tertiary/aromatic N) is 4. The van der Waals surface area contributed by atoms with Gasteiger partial charge in [0.2, 0.25) is 0 Å². The fraction of sp³-hybridized carbons (Fsp3) is 0.0208. The van der Waals surface area contributed by atoms with Crippen molar-refractivity contribution in [2.45, 2.75) is 6.61 Å². The lowest BCUT2D eigenvalue weighted by molar-refractivity contribution is 0.282. The quantitative estimate of drug-likeness (QED) is 0.182. The van der Waals surface area contributed by atoms with E-state index < -0.39 is 0 Å². The van der Waals surface area contributed by atoms with E-state index in [1.165, 1.54) is 27.2 Å². The monoisotopic (exact) mass is 682 g/mol. The fourth-order valence-electron chi connectivity index (χ4n) is 7.93. The molecule has 0 amide bonds. The highest BCUT2D eigenvalue weighted by Crippen LogP contribution is 2.44. The minimum Gasteiger partial charge on any atom is -0.392 e. The maximum absolute atomic E-state index is 9.90. The van der Waals surface area contributed by atoms with E-state index in [0.717, 1.165) is 61.5 Å². The van der Waals surface area contributed by atoms with Gasteiger partial charge in [0, 0.05) is 56.7 Å². The van der Waals surface area contributed by atoms with Gasteiger partial charge in [-0.25, -0.2) is 0 Å². The van der Waals surface area contributed by atoms with E-state index in [9.17, 15) is 5.11 Å². The molecule has 10 rings (SSSR count). The van der Waals surface area contributed by atoms with Crippen LogP contribution in [0.1, 0.15) is 5.56 Å². The normalized spacial score (nSPS) is 11.6. The maximum atomic E-state index is 9.90. The number of para-hydroxylation sites is 3. The van der Waals surface area contributed by atoms with Gasteiger partial charge in [-0.1, -0.05) is 91.0 Å². The Bertz CT molecular complexity index is 2850. The van der Waals surface area contributed by atoms with Gasteiger partial charge < -0.3 is 19.1 Å². The van der Waals surface area contributed by atoms with E-state index in [0.29, 0.717) is 0 Å². The van der Waals surface area contributed by atoms with Crippen molar-refractivity contribution in [3.63, 3.8) is 0 Å². The van der Waals surface area contributed by atoms with Gasteiger partial charge in [-0.3, -0.25) is 4.98 Å². The SMILES string of the molecule is OCc1ccc(N(c2ccc(-n3c4ccccc4c4ccccc43)cc2)c2cccc3c2c2ccccc2n3-c2ccc(-c3cccnc3)cc2)cc1. The van der Waals surface area contributed by atoms with Crippen LogP contribution in [0.4, 0.5) is 17.1 Å². The molecule has 7 aromatic carbocycles. The van der Waals surface area contributed by atoms with Gasteiger partial charge in [0.15, 0.2) is 0 Å². The molecule has 0 radical (unpaired) electrons. The average molecular weight is 683 g/mol. The Hall–Kier alpha value is -6.95. The van der Waals surface area contributed by atoms with Gasteiger partial charge in [0.1, 0.15) is 0 Å². The van der Waals surface area contributed by atoms with Crippen molar-refractivity contribution < 1.29 is 5.11 Å². The predicted molar refractivity (Wildman–Crippen MR) is 219 cm³/mol. The summed E-state index contributed by atoms with van der Waals surface area (Å²) in [6.45, 7) is -0.00357. The molecule has 0 aliphatic rings. The summed E-state index contributed by atoms with van der Waals surface area (Å²) in [7, 11) is 0. The van der Waals surface area contributed by atoms with Gasteiger partial charge in [-0.15, -0.1) is 0 Å². The number of hydrogen-bond acceptors (Lipinski definition) is 3. The van der Waals surface area contributed by atoms with Gasteiger partial charge in [-0.05, 0) is 102 Å². The van der Waals surface area contributed by atoms with Crippen LogP contribution in [-0.2, 0) is 6.61 Å². The highest BCUT2D eigenvalue weighted by Gasteiger charge is 2.21. The topological polar surface area (TPSA) is 46.2 Å². The number of benzene rings is 7. The minimum atomic E-state index is -0.00357. The first-order chi connectivity index (χ1) is 26.3. The van der Waals surface area contributed by atoms with Crippen LogP contribution < -0.4 is 4.90 Å². The molecule has 252 valence electrons. The van der Waals surface area contributed by atoms with Crippen molar-refractivity contribution in [2.75, 3.05) is 4.90 Å². The Balaban J connectivity index is 1.16. The van der Waals surface area contributed by atoms with Crippen LogP contribution in [0.2, 0.25) is 0 Å². The van der Waals surface area contributed by atoms with Crippen LogP contribution in [0.15, 0.2) is 188 Å². The minimum absolute atomic E-state index is 0.00357. The molecule has 0 saturated heterocycles. The first-order valence-electron chi connectivity index (χ1n) is 17.9. The van der Waals surface area contributed by atoms with E-state index in [-0.39, 0.29) is 6.61 Å². The Labute approximate surface area is 306 Å². The molecule has 1 N–H and O–H groups in total. The largest absolute Gasteiger partial charge is 0.392 e. The van der Waals surface area contributed by atoms with Crippen LogP contribution in [-0.4, -0.2) is 19.2 Å². The van der Waals surface area contributed by atoms with Crippen molar-refractivity contribution in [3.8, 4) is 22.5 Å². The van der Waals surface area contributed by atoms with E-state index in [2.05, 4.69) is 177 Å². The first-order valence-corrected chi connectivity index (χ1v) is 17.9. The molecule has 0 aliphatic carbocycles. The maximum Gasteiger partial charge on any atom is 0.0681 e. The molecular formula is C48H34N4O. The summed E-state index contributed by atoms with van der Waals surface area (Å²) in [5.74, 6) is 0. The number of fused-ring (bicyclic) bond motifs is 6. The Morgan fingerprint density at radius 2 is 0.981 bits per heavy atom. The number of rotatable bonds is 7. The van der Waals surface area contributed by atoms with Gasteiger partial charge in [-0.2, -0.15) is 0 Å². The third kappa shape index (κ3) is 5.09. The smallest absolute Gasteiger partial charge is 0.0681 e. The molecule has 5 heteroatoms. The van der Waals surface area contributed by atoms with Crippen LogP contribution in [0.5, 0.6) is 0 Å². The highest BCUT2D eigenvalue weighted by molar-refractivity contribution is 6.16. The second-order valence-electron chi connectivity index (χ2n) is 13.4. The van der Waals surface area contributed by atoms with E-state index in [1.54, 1.807) is 6.20 Å². The van der Waals surface area contributed by atoms with E-state index in [4.69, 9.17) is 0 Å². The summed E-state index contributed by atoms with van der Waals surface area (Å²) in [5.41, 5.74) is 13.0. The lowest BCUT2D eigenvalue weighted by atomic mass is 10.1. The molecule has 0 unspecified atom stereocenters. The molecular weight excluding hydrogens is 649 g/mol. The molecule has 0 fully saturated rings. The molecule has 0 saturated carbocycles. The van der Waals surface area contributed by atoms with Crippen LogP contribution in [0.3, 0.4) is 0 Å². The fourth-order valence-corrected chi connectivity index (χ4v) is 7.93. The summed E-state index contributed by atoms with van der Waals surface area (Å²) in [5, 5.41) is 14.7. The van der Waals surface area contributed by atoms with Gasteiger partial charge in [0.05, 0.1) is 34.4 Å². The van der Waals surface area contributed by atoms with Crippen LogP contribution >= 0.6 is 0 Å². The third-order valence-electron chi connectivity index (χ3n) is 10.4. The van der Waals surface area contributed by atoms with Crippen molar-refractivity contribution in [2.24, 2.45) is 0 Å². The second-order valence-corrected chi connectivity index (χ2v) is 13.4. The Morgan fingerprint density at radius 1 is 0.453 bits per heavy atom. The molecule has 0 aliphatic heterocycles. The van der Waals surface area contributed by atoms with Crippen molar-refractivity contribution in [1.29, 1.82) is 0 Å². The molecule has 0 spiro atoms. The number of hydrogen-bond donors (Lipinski definition) is 1. The number of pyridine rings is 1. The number of aromatic nitrogens is 3. The molecule has 0 bridgehead atoms. The number of aliphatic hydroxyl groups is 1. The number of anilines is 3. The Kier molecular flexibility index (Phi) is 7.37. The molecule has 3 aromatic heterocycles. The van der Waals surface area contributed by atoms with Gasteiger partial charge in [0.25, 0.3) is 0 Å². The zero-order valence-corrected chi connectivity index (χ0v) is 28.8. The molecule has 3 heterocycles. The highest BCUT2D eigenvalue weighted by atomic mass is 16.3. The Morgan fingerprint density at radius 3 is 1.58 bits per heavy atom. The molecule has 10 aromatic rings. The third-order valence-corrected chi connectivity index (χ3v) is 10.4. The van der Waals surface area contributed by atoms with Crippen LogP contribution in [0.25, 0.3) is 66.1 Å². The summed E-state index contributed by atoms with van der Waals surface area (Å²) in [6.07, 6.45) is 3.71. The zero-order chi connectivity index (χ0) is 35.3. The lowest BCUT2D eigenvalue weighted by Gasteiger charge is -2.27. The predicted octanol–water partition coefficient (Wildman–Crippen LogP) is 11.9. The summed E-state index contributed by atoms with van der Waals surface area (Å²) in [4.78, 5) is 6.65. The zero-order valence-electron chi connectivity index (χ0n) is 28.8. The second kappa shape index (κ2) is 12.7. The average Bonchev–Trinajstić information content (AvgIpc) is 3.75. The van der Waals surface area contributed by atoms with Crippen molar-refractivity contribution in [3.05, 3.63) is 194 Å². The molecule has 53 heavy (non-hydrogen) atoms. The summed E-state index contributed by atoms with van der Waals surface area (Å²) >= 11 is 0. The lowest BCUT2D eigenvalue weighted by Crippen LogP contribution is -2.11. The van der Waals surface area contributed by atoms with E-state index in [1.807, 2.05) is 24.4 Å². The van der Waals surface area contributed by atoms with E-state index >= 15 is 0 Å².